The van der Waals surface area contributed by atoms with Gasteiger partial charge in [-0.15, -0.1) is 0 Å². The van der Waals surface area contributed by atoms with Crippen LogP contribution in [-0.2, 0) is 17.8 Å². The topological polar surface area (TPSA) is 160 Å². The number of aryl methyl sites for hydroxylation is 1. The quantitative estimate of drug-likeness (QED) is 0.177. The Balaban J connectivity index is 1.57. The monoisotopic (exact) mass is 518 g/mol. The Kier molecular flexibility index (Phi) is 7.29. The molecule has 13 nitrogen and oxygen atoms in total. The van der Waals surface area contributed by atoms with E-state index in [1.807, 2.05) is 36.2 Å². The largest absolute Gasteiger partial charge is 0.399 e. The second-order valence-electron chi connectivity index (χ2n) is 9.01. The van der Waals surface area contributed by atoms with Gasteiger partial charge in [-0.2, -0.15) is 0 Å². The van der Waals surface area contributed by atoms with Gasteiger partial charge in [-0.25, -0.2) is 30.4 Å². The van der Waals surface area contributed by atoms with Gasteiger partial charge in [-0.05, 0) is 30.7 Å². The fourth-order valence-electron chi connectivity index (χ4n) is 4.35. The number of carbonyl (C=O) groups is 1. The van der Waals surface area contributed by atoms with Gasteiger partial charge >= 0.3 is 0 Å². The molecule has 0 radical (unpaired) electrons. The summed E-state index contributed by atoms with van der Waals surface area (Å²) in [7, 11) is 1.85. The molecule has 5 rings (SSSR count). The zero-order valence-electron chi connectivity index (χ0n) is 21.3. The highest BCUT2D eigenvalue weighted by molar-refractivity contribution is 5.92. The molecule has 1 fully saturated rings. The molecule has 0 spiro atoms. The first-order valence-electron chi connectivity index (χ1n) is 12.4. The van der Waals surface area contributed by atoms with Crippen LogP contribution in [-0.4, -0.2) is 74.0 Å². The number of rotatable bonds is 8. The van der Waals surface area contributed by atoms with Gasteiger partial charge in [0, 0.05) is 50.3 Å². The minimum absolute atomic E-state index is 0.156. The van der Waals surface area contributed by atoms with E-state index in [0.717, 1.165) is 41.3 Å². The number of morpholine rings is 1. The third kappa shape index (κ3) is 5.06. The van der Waals surface area contributed by atoms with E-state index in [0.29, 0.717) is 50.3 Å². The lowest BCUT2D eigenvalue weighted by atomic mass is 10.2. The smallest absolute Gasteiger partial charge is 0.277 e. The van der Waals surface area contributed by atoms with Crippen LogP contribution in [0.2, 0.25) is 0 Å². The van der Waals surface area contributed by atoms with E-state index in [1.54, 1.807) is 5.48 Å². The number of carbonyl (C=O) groups excluding carboxylic acids is 1. The van der Waals surface area contributed by atoms with Gasteiger partial charge in [-0.1, -0.05) is 6.92 Å². The number of imidazole rings is 1. The average Bonchev–Trinajstić information content (AvgIpc) is 3.29. The van der Waals surface area contributed by atoms with Crippen molar-refractivity contribution in [3.8, 4) is 11.4 Å². The van der Waals surface area contributed by atoms with E-state index in [9.17, 15) is 4.79 Å². The summed E-state index contributed by atoms with van der Waals surface area (Å²) in [6.07, 6.45) is 3.61. The van der Waals surface area contributed by atoms with Crippen LogP contribution in [0.5, 0.6) is 0 Å². The van der Waals surface area contributed by atoms with Crippen LogP contribution in [0, 0.1) is 0 Å². The predicted molar refractivity (Wildman–Crippen MR) is 142 cm³/mol. The van der Waals surface area contributed by atoms with Crippen LogP contribution in [0.1, 0.15) is 29.5 Å². The number of nitrogen functional groups attached to an aromatic ring is 1. The number of nitrogens with two attached hydrogens (primary N) is 1. The third-order valence-corrected chi connectivity index (χ3v) is 6.30. The van der Waals surface area contributed by atoms with Crippen LogP contribution in [0.4, 0.5) is 17.5 Å². The van der Waals surface area contributed by atoms with Gasteiger partial charge in [0.2, 0.25) is 5.95 Å². The zero-order chi connectivity index (χ0) is 26.6. The highest BCUT2D eigenvalue weighted by Crippen LogP contribution is 2.30. The van der Waals surface area contributed by atoms with Gasteiger partial charge in [-0.3, -0.25) is 10.0 Å². The van der Waals surface area contributed by atoms with Crippen molar-refractivity contribution in [2.24, 2.45) is 0 Å². The molecule has 0 saturated carbocycles. The lowest BCUT2D eigenvalue weighted by Gasteiger charge is -2.28. The van der Waals surface area contributed by atoms with E-state index in [-0.39, 0.29) is 5.56 Å². The number of anilines is 3. The maximum absolute atomic E-state index is 11.6. The zero-order valence-corrected chi connectivity index (χ0v) is 21.3. The molecular weight excluding hydrogens is 488 g/mol. The normalized spacial score (nSPS) is 13.6. The van der Waals surface area contributed by atoms with E-state index >= 15 is 0 Å². The average molecular weight is 519 g/mol. The summed E-state index contributed by atoms with van der Waals surface area (Å²) in [6.45, 7) is 5.90. The van der Waals surface area contributed by atoms with Crippen molar-refractivity contribution in [3.05, 3.63) is 48.0 Å². The van der Waals surface area contributed by atoms with E-state index in [1.165, 1.54) is 12.4 Å². The Labute approximate surface area is 219 Å². The lowest BCUT2D eigenvalue weighted by Crippen LogP contribution is -2.37. The fourth-order valence-corrected chi connectivity index (χ4v) is 4.35. The van der Waals surface area contributed by atoms with Crippen molar-refractivity contribution in [1.82, 2.24) is 35.0 Å². The van der Waals surface area contributed by atoms with Gasteiger partial charge in [0.05, 0.1) is 25.3 Å². The molecule has 0 aliphatic carbocycles. The molecule has 198 valence electrons. The molecule has 0 bridgehead atoms. The van der Waals surface area contributed by atoms with E-state index in [2.05, 4.69) is 26.4 Å². The first-order valence-corrected chi connectivity index (χ1v) is 12.4. The minimum Gasteiger partial charge on any atom is -0.399 e. The van der Waals surface area contributed by atoms with Crippen LogP contribution in [0.3, 0.4) is 0 Å². The molecule has 1 amide bonds. The molecule has 4 heterocycles. The number of hydroxylamine groups is 1. The predicted octanol–water partition coefficient (Wildman–Crippen LogP) is 1.87. The fraction of sp³-hybridized carbons (Fsp3) is 0.360. The molecule has 38 heavy (non-hydrogen) atoms. The SMILES string of the molecule is CCCn1c(CN(C)c2ncc(C(=O)NO)cn2)nc2c(N3CCOCC3)nc(-c3ccc(N)cc3)nc21. The molecular formula is C25H30N10O3. The second-order valence-corrected chi connectivity index (χ2v) is 9.01. The number of aromatic nitrogens is 6. The van der Waals surface area contributed by atoms with Crippen LogP contribution < -0.4 is 21.0 Å². The number of ether oxygens (including phenoxy) is 1. The van der Waals surface area contributed by atoms with Crippen molar-refractivity contribution in [2.75, 3.05) is 48.9 Å². The third-order valence-electron chi connectivity index (χ3n) is 6.30. The summed E-state index contributed by atoms with van der Waals surface area (Å²) in [5.74, 6) is 1.92. The highest BCUT2D eigenvalue weighted by atomic mass is 16.5. The molecule has 0 unspecified atom stereocenters. The van der Waals surface area contributed by atoms with Crippen molar-refractivity contribution in [3.63, 3.8) is 0 Å². The Bertz CT molecular complexity index is 1420. The van der Waals surface area contributed by atoms with Gasteiger partial charge in [0.25, 0.3) is 5.91 Å². The molecule has 1 aromatic carbocycles. The van der Waals surface area contributed by atoms with Gasteiger partial charge < -0.3 is 24.8 Å². The molecule has 0 atom stereocenters. The second kappa shape index (κ2) is 10.9. The summed E-state index contributed by atoms with van der Waals surface area (Å²) in [5.41, 5.74) is 10.7. The molecule has 4 aromatic rings. The van der Waals surface area contributed by atoms with Gasteiger partial charge in [0.1, 0.15) is 5.82 Å². The van der Waals surface area contributed by atoms with Crippen molar-refractivity contribution < 1.29 is 14.7 Å². The van der Waals surface area contributed by atoms with E-state index in [4.69, 9.17) is 30.6 Å². The highest BCUT2D eigenvalue weighted by Gasteiger charge is 2.24. The maximum atomic E-state index is 11.6. The Morgan fingerprint density at radius 1 is 1.13 bits per heavy atom. The first kappa shape index (κ1) is 25.3. The number of hydrogen-bond acceptors (Lipinski definition) is 11. The number of fused-ring (bicyclic) bond motifs is 1. The Morgan fingerprint density at radius 3 is 2.50 bits per heavy atom. The lowest BCUT2D eigenvalue weighted by molar-refractivity contribution is 0.0705. The maximum Gasteiger partial charge on any atom is 0.277 e. The molecule has 13 heteroatoms. The summed E-state index contributed by atoms with van der Waals surface area (Å²) < 4.78 is 7.69. The summed E-state index contributed by atoms with van der Waals surface area (Å²) in [5, 5.41) is 8.83. The Hall–Kier alpha value is -4.36. The standard InChI is InChI=1S/C25H30N10O3/c1-3-8-35-19(15-33(2)25-27-13-17(14-28-25)24(36)32-37)29-20-22(34-9-11-38-12-10-34)30-21(31-23(20)35)16-4-6-18(26)7-5-16/h4-7,13-14,37H,3,8-12,15,26H2,1-2H3,(H,32,36). The molecule has 3 aromatic heterocycles. The Morgan fingerprint density at radius 2 is 1.84 bits per heavy atom. The van der Waals surface area contributed by atoms with Crippen molar-refractivity contribution in [2.45, 2.75) is 26.4 Å². The van der Waals surface area contributed by atoms with Crippen LogP contribution >= 0.6 is 0 Å². The number of benzene rings is 1. The number of amides is 1. The molecule has 1 aliphatic heterocycles. The molecule has 4 N–H and O–H groups in total. The number of nitrogens with one attached hydrogen (secondary N) is 1. The van der Waals surface area contributed by atoms with E-state index < -0.39 is 5.91 Å². The van der Waals surface area contributed by atoms with Crippen LogP contribution in [0.25, 0.3) is 22.6 Å². The first-order chi connectivity index (χ1) is 18.5. The summed E-state index contributed by atoms with van der Waals surface area (Å²) in [4.78, 5) is 39.1. The van der Waals surface area contributed by atoms with Crippen LogP contribution in [0.15, 0.2) is 36.7 Å². The molecule has 1 saturated heterocycles. The molecule has 1 aliphatic rings. The number of hydrogen-bond donors (Lipinski definition) is 3. The summed E-state index contributed by atoms with van der Waals surface area (Å²) >= 11 is 0. The van der Waals surface area contributed by atoms with Crippen molar-refractivity contribution >= 4 is 34.5 Å². The van der Waals surface area contributed by atoms with Gasteiger partial charge in [0.15, 0.2) is 22.8 Å². The minimum atomic E-state index is -0.671. The number of nitrogens with zero attached hydrogens (tertiary/aromatic N) is 8. The van der Waals surface area contributed by atoms with Crippen molar-refractivity contribution in [1.29, 1.82) is 0 Å². The summed E-state index contributed by atoms with van der Waals surface area (Å²) in [6, 6.07) is 7.53.